The number of hydrogen-bond acceptors (Lipinski definition) is 7. The Bertz CT molecular complexity index is 777. The summed E-state index contributed by atoms with van der Waals surface area (Å²) in [4.78, 5) is 11.6. The Labute approximate surface area is 137 Å². The highest BCUT2D eigenvalue weighted by Gasteiger charge is 2.22. The van der Waals surface area contributed by atoms with Gasteiger partial charge in [0.1, 0.15) is 4.90 Å². The zero-order valence-electron chi connectivity index (χ0n) is 12.2. The number of benzene rings is 1. The molecule has 0 aliphatic carbocycles. The molecule has 0 fully saturated rings. The number of methoxy groups -OCH3 is 1. The molecule has 1 aromatic rings. The number of nitrogens with one attached hydrogen (secondary N) is 3. The smallest absolute Gasteiger partial charge is 0.350 e. The van der Waals surface area contributed by atoms with Gasteiger partial charge in [0.25, 0.3) is 10.0 Å². The van der Waals surface area contributed by atoms with E-state index in [1.165, 1.54) is 25.3 Å². The predicted molar refractivity (Wildman–Crippen MR) is 83.5 cm³/mol. The van der Waals surface area contributed by atoms with Crippen molar-refractivity contribution in [2.45, 2.75) is 11.8 Å². The molecule has 3 N–H and O–H groups in total. The summed E-state index contributed by atoms with van der Waals surface area (Å²) in [7, 11) is -2.69. The zero-order valence-corrected chi connectivity index (χ0v) is 13.8. The standard InChI is InChI=1S/C12H14ClN5O4S/c1-8-7-11(22-2)15-18(14-8)16-12(19)17-23(20,21)10-6-4-3-5-9(10)13/h3-7,15H,1-2H3,(H2,16,17,19). The van der Waals surface area contributed by atoms with E-state index in [2.05, 4.69) is 16.0 Å². The van der Waals surface area contributed by atoms with Gasteiger partial charge in [-0.25, -0.2) is 28.8 Å². The minimum Gasteiger partial charge on any atom is -0.481 e. The number of amides is 2. The van der Waals surface area contributed by atoms with Crippen molar-refractivity contribution in [1.82, 2.24) is 20.8 Å². The van der Waals surface area contributed by atoms with Crippen LogP contribution in [0.25, 0.3) is 0 Å². The number of allylic oxidation sites excluding steroid dienone is 1. The van der Waals surface area contributed by atoms with Crippen LogP contribution in [0.15, 0.2) is 46.2 Å². The van der Waals surface area contributed by atoms with E-state index in [1.807, 2.05) is 4.72 Å². The van der Waals surface area contributed by atoms with E-state index in [0.717, 1.165) is 5.23 Å². The first-order valence-electron chi connectivity index (χ1n) is 6.27. The Morgan fingerprint density at radius 3 is 2.74 bits per heavy atom. The van der Waals surface area contributed by atoms with Crippen molar-refractivity contribution in [2.75, 3.05) is 7.11 Å². The van der Waals surface area contributed by atoms with E-state index in [-0.39, 0.29) is 9.92 Å². The fraction of sp³-hybridized carbons (Fsp3) is 0.167. The second-order valence-corrected chi connectivity index (χ2v) is 6.41. The highest BCUT2D eigenvalue weighted by atomic mass is 35.5. The quantitative estimate of drug-likeness (QED) is 0.737. The van der Waals surface area contributed by atoms with E-state index < -0.39 is 16.1 Å². The number of carbonyl (C=O) groups excluding carboxylic acids is 1. The summed E-state index contributed by atoms with van der Waals surface area (Å²) in [5.41, 5.74) is 5.33. The lowest BCUT2D eigenvalue weighted by Gasteiger charge is -2.25. The number of hydrazine groups is 2. The summed E-state index contributed by atoms with van der Waals surface area (Å²) in [5, 5.41) is 4.85. The van der Waals surface area contributed by atoms with Gasteiger partial charge in [-0.1, -0.05) is 23.7 Å². The third-order valence-corrected chi connectivity index (χ3v) is 4.43. The zero-order chi connectivity index (χ0) is 17.0. The lowest BCUT2D eigenvalue weighted by molar-refractivity contribution is 0.0995. The van der Waals surface area contributed by atoms with Crippen molar-refractivity contribution >= 4 is 33.4 Å². The molecular weight excluding hydrogens is 346 g/mol. The predicted octanol–water partition coefficient (Wildman–Crippen LogP) is 0.927. The normalized spacial score (nSPS) is 14.3. The van der Waals surface area contributed by atoms with Crippen molar-refractivity contribution < 1.29 is 17.9 Å². The van der Waals surface area contributed by atoms with Crippen molar-refractivity contribution in [3.63, 3.8) is 0 Å². The highest BCUT2D eigenvalue weighted by molar-refractivity contribution is 7.90. The summed E-state index contributed by atoms with van der Waals surface area (Å²) in [5.74, 6) is 0.326. The number of urea groups is 1. The average molecular weight is 360 g/mol. The van der Waals surface area contributed by atoms with E-state index in [1.54, 1.807) is 19.1 Å². The number of hydrogen-bond donors (Lipinski definition) is 3. The van der Waals surface area contributed by atoms with Crippen molar-refractivity contribution in [1.29, 1.82) is 0 Å². The maximum atomic E-state index is 12.1. The van der Waals surface area contributed by atoms with Gasteiger partial charge in [0.15, 0.2) is 0 Å². The van der Waals surface area contributed by atoms with Crippen molar-refractivity contribution in [3.8, 4) is 0 Å². The first-order valence-corrected chi connectivity index (χ1v) is 8.13. The summed E-state index contributed by atoms with van der Waals surface area (Å²) < 4.78 is 31.1. The van der Waals surface area contributed by atoms with Crippen molar-refractivity contribution in [2.24, 2.45) is 5.10 Å². The van der Waals surface area contributed by atoms with Crippen LogP contribution in [0.5, 0.6) is 0 Å². The second-order valence-electron chi connectivity index (χ2n) is 4.35. The van der Waals surface area contributed by atoms with Crippen LogP contribution in [-0.4, -0.2) is 32.5 Å². The molecule has 0 atom stereocenters. The first-order chi connectivity index (χ1) is 10.8. The molecule has 0 spiro atoms. The van der Waals surface area contributed by atoms with Crippen LogP contribution in [0.4, 0.5) is 4.79 Å². The molecule has 1 aromatic carbocycles. The molecule has 0 saturated heterocycles. The van der Waals surface area contributed by atoms with Crippen LogP contribution in [-0.2, 0) is 14.8 Å². The van der Waals surface area contributed by atoms with Gasteiger partial charge in [0.2, 0.25) is 5.88 Å². The first kappa shape index (κ1) is 16.9. The number of ether oxygens (including phenoxy) is 1. The van der Waals surface area contributed by atoms with E-state index >= 15 is 0 Å². The molecule has 0 bridgehead atoms. The van der Waals surface area contributed by atoms with Crippen LogP contribution in [0.2, 0.25) is 5.02 Å². The lowest BCUT2D eigenvalue weighted by Crippen LogP contribution is -2.53. The molecule has 1 aliphatic heterocycles. The van der Waals surface area contributed by atoms with Gasteiger partial charge in [-0.2, -0.15) is 0 Å². The lowest BCUT2D eigenvalue weighted by atomic mass is 10.4. The molecule has 23 heavy (non-hydrogen) atoms. The number of nitrogens with zero attached hydrogens (tertiary/aromatic N) is 2. The molecule has 0 radical (unpaired) electrons. The molecular formula is C12H14ClN5O4S. The Kier molecular flexibility index (Phi) is 4.96. The van der Waals surface area contributed by atoms with E-state index in [9.17, 15) is 13.2 Å². The Morgan fingerprint density at radius 2 is 2.09 bits per heavy atom. The van der Waals surface area contributed by atoms with Crippen LogP contribution in [0.1, 0.15) is 6.92 Å². The summed E-state index contributed by atoms with van der Waals surface area (Å²) in [6.07, 6.45) is 1.59. The molecule has 2 amide bonds. The fourth-order valence-electron chi connectivity index (χ4n) is 1.65. The number of carbonyl (C=O) groups is 1. The van der Waals surface area contributed by atoms with Crippen LogP contribution < -0.4 is 15.6 Å². The molecule has 124 valence electrons. The largest absolute Gasteiger partial charge is 0.481 e. The molecule has 2 rings (SSSR count). The van der Waals surface area contributed by atoms with Crippen LogP contribution in [0.3, 0.4) is 0 Å². The summed E-state index contributed by atoms with van der Waals surface area (Å²) >= 11 is 5.82. The maximum Gasteiger partial charge on any atom is 0.350 e. The molecule has 0 unspecified atom stereocenters. The molecule has 11 heteroatoms. The molecule has 1 heterocycles. The Balaban J connectivity index is 2.06. The van der Waals surface area contributed by atoms with Gasteiger partial charge in [-0.3, -0.25) is 0 Å². The minimum atomic E-state index is -4.12. The van der Waals surface area contributed by atoms with Gasteiger partial charge in [0, 0.05) is 6.08 Å². The molecule has 1 aliphatic rings. The third-order valence-electron chi connectivity index (χ3n) is 2.59. The molecule has 9 nitrogen and oxygen atoms in total. The SMILES string of the molecule is COC1=CC(C)=NN(NC(=O)NS(=O)(=O)c2ccccc2Cl)N1. The fourth-order valence-corrected chi connectivity index (χ4v) is 3.08. The minimum absolute atomic E-state index is 0.00219. The number of halogens is 1. The third kappa shape index (κ3) is 4.27. The van der Waals surface area contributed by atoms with Gasteiger partial charge in [-0.15, -0.1) is 10.3 Å². The molecule has 0 saturated carbocycles. The van der Waals surface area contributed by atoms with Crippen molar-refractivity contribution in [3.05, 3.63) is 41.2 Å². The van der Waals surface area contributed by atoms with Crippen LogP contribution in [0, 0.1) is 0 Å². The second kappa shape index (κ2) is 6.75. The Hall–Kier alpha value is -2.46. The monoisotopic (exact) mass is 359 g/mol. The maximum absolute atomic E-state index is 12.1. The number of sulfonamides is 1. The molecule has 0 aromatic heterocycles. The number of hydrazone groups is 1. The van der Waals surface area contributed by atoms with E-state index in [0.29, 0.717) is 11.6 Å². The van der Waals surface area contributed by atoms with Gasteiger partial charge in [0.05, 0.1) is 17.8 Å². The number of rotatable bonds is 4. The average Bonchev–Trinajstić information content (AvgIpc) is 2.46. The van der Waals surface area contributed by atoms with Crippen LogP contribution >= 0.6 is 11.6 Å². The van der Waals surface area contributed by atoms with Gasteiger partial charge in [-0.05, 0) is 19.1 Å². The van der Waals surface area contributed by atoms with Gasteiger partial charge < -0.3 is 4.74 Å². The Morgan fingerprint density at radius 1 is 1.39 bits per heavy atom. The summed E-state index contributed by atoms with van der Waals surface area (Å²) in [6.45, 7) is 1.67. The van der Waals surface area contributed by atoms with Gasteiger partial charge >= 0.3 is 6.03 Å². The topological polar surface area (TPSA) is 112 Å². The highest BCUT2D eigenvalue weighted by Crippen LogP contribution is 2.19. The van der Waals surface area contributed by atoms with E-state index in [4.69, 9.17) is 16.3 Å². The summed E-state index contributed by atoms with van der Waals surface area (Å²) in [6, 6.07) is 4.74.